The zero-order valence-electron chi connectivity index (χ0n) is 16.7. The van der Waals surface area contributed by atoms with E-state index in [9.17, 15) is 19.7 Å². The first-order chi connectivity index (χ1) is 14.1. The van der Waals surface area contributed by atoms with Crippen LogP contribution < -0.4 is 10.6 Å². The molecule has 2 N–H and O–H groups in total. The van der Waals surface area contributed by atoms with Crippen LogP contribution in [0.3, 0.4) is 0 Å². The number of anilines is 2. The minimum atomic E-state index is -0.538. The maximum absolute atomic E-state index is 12.5. The Balaban J connectivity index is 1.70. The van der Waals surface area contributed by atoms with E-state index in [1.54, 1.807) is 48.7 Å². The predicted molar refractivity (Wildman–Crippen MR) is 113 cm³/mol. The molecule has 0 radical (unpaired) electrons. The fraction of sp³-hybridized carbons (Fsp3) is 0.190. The molecule has 1 aromatic heterocycles. The van der Waals surface area contributed by atoms with Crippen molar-refractivity contribution in [2.75, 3.05) is 10.6 Å². The number of aromatic nitrogens is 2. The van der Waals surface area contributed by atoms with Crippen LogP contribution >= 0.6 is 0 Å². The molecule has 2 aromatic carbocycles. The lowest BCUT2D eigenvalue weighted by Gasteiger charge is -2.18. The summed E-state index contributed by atoms with van der Waals surface area (Å²) in [6.07, 6.45) is 1.59. The Bertz CT molecular complexity index is 1100. The number of carbonyl (C=O) groups is 2. The lowest BCUT2D eigenvalue weighted by Crippen LogP contribution is -2.27. The van der Waals surface area contributed by atoms with Gasteiger partial charge in [0.05, 0.1) is 10.6 Å². The van der Waals surface area contributed by atoms with Gasteiger partial charge in [0.15, 0.2) is 5.69 Å². The summed E-state index contributed by atoms with van der Waals surface area (Å²) in [4.78, 5) is 34.9. The standard InChI is InChI=1S/C21H21N5O4/c1-21(2,3)20(28)23-15-6-4-5-14(13-15)22-19(27)18-11-12-25(24-18)16-7-9-17(10-8-16)26(29)30/h4-13H,1-3H3,(H,22,27)(H,23,28). The molecule has 30 heavy (non-hydrogen) atoms. The number of nitro groups is 1. The molecule has 0 spiro atoms. The van der Waals surface area contributed by atoms with E-state index in [4.69, 9.17) is 0 Å². The highest BCUT2D eigenvalue weighted by Gasteiger charge is 2.21. The number of hydrogen-bond donors (Lipinski definition) is 2. The van der Waals surface area contributed by atoms with Crippen LogP contribution in [0.2, 0.25) is 0 Å². The molecule has 0 aliphatic carbocycles. The summed E-state index contributed by atoms with van der Waals surface area (Å²) in [5.41, 5.74) is 1.29. The topological polar surface area (TPSA) is 119 Å². The van der Waals surface area contributed by atoms with Crippen LogP contribution in [0.4, 0.5) is 17.1 Å². The summed E-state index contributed by atoms with van der Waals surface area (Å²) >= 11 is 0. The number of nitrogens with zero attached hydrogens (tertiary/aromatic N) is 3. The molecule has 3 aromatic rings. The van der Waals surface area contributed by atoms with Crippen molar-refractivity contribution < 1.29 is 14.5 Å². The number of amides is 2. The van der Waals surface area contributed by atoms with Gasteiger partial charge < -0.3 is 10.6 Å². The SMILES string of the molecule is CC(C)(C)C(=O)Nc1cccc(NC(=O)c2ccn(-c3ccc([N+](=O)[O-])cc3)n2)c1. The van der Waals surface area contributed by atoms with Gasteiger partial charge in [0.1, 0.15) is 0 Å². The Labute approximate surface area is 172 Å². The van der Waals surface area contributed by atoms with Crippen molar-refractivity contribution in [3.8, 4) is 5.69 Å². The van der Waals surface area contributed by atoms with Gasteiger partial charge in [-0.2, -0.15) is 5.10 Å². The molecule has 9 heteroatoms. The number of nitrogens with one attached hydrogen (secondary N) is 2. The Morgan fingerprint density at radius 3 is 2.23 bits per heavy atom. The summed E-state index contributed by atoms with van der Waals surface area (Å²) in [6, 6.07) is 14.2. The van der Waals surface area contributed by atoms with Crippen molar-refractivity contribution in [2.24, 2.45) is 5.41 Å². The van der Waals surface area contributed by atoms with Crippen molar-refractivity contribution in [1.29, 1.82) is 0 Å². The average molecular weight is 407 g/mol. The Morgan fingerprint density at radius 1 is 1.00 bits per heavy atom. The first kappa shape index (κ1) is 20.7. The van der Waals surface area contributed by atoms with Crippen LogP contribution in [0.25, 0.3) is 5.69 Å². The van der Waals surface area contributed by atoms with Crippen molar-refractivity contribution in [1.82, 2.24) is 9.78 Å². The number of rotatable bonds is 5. The van der Waals surface area contributed by atoms with Crippen molar-refractivity contribution in [3.63, 3.8) is 0 Å². The van der Waals surface area contributed by atoms with E-state index < -0.39 is 16.2 Å². The maximum atomic E-state index is 12.5. The van der Waals surface area contributed by atoms with E-state index in [-0.39, 0.29) is 17.3 Å². The van der Waals surface area contributed by atoms with Gasteiger partial charge in [-0.3, -0.25) is 19.7 Å². The predicted octanol–water partition coefficient (Wildman–Crippen LogP) is 4.02. The van der Waals surface area contributed by atoms with Crippen LogP contribution in [0.1, 0.15) is 31.3 Å². The number of nitro benzene ring substituents is 1. The molecular formula is C21H21N5O4. The molecule has 0 fully saturated rings. The Hall–Kier alpha value is -4.01. The smallest absolute Gasteiger partial charge is 0.276 e. The first-order valence-corrected chi connectivity index (χ1v) is 9.17. The lowest BCUT2D eigenvalue weighted by molar-refractivity contribution is -0.384. The molecule has 0 saturated carbocycles. The maximum Gasteiger partial charge on any atom is 0.276 e. The molecule has 2 amide bonds. The van der Waals surface area contributed by atoms with Crippen LogP contribution in [0, 0.1) is 15.5 Å². The number of hydrogen-bond acceptors (Lipinski definition) is 5. The van der Waals surface area contributed by atoms with Gasteiger partial charge in [-0.1, -0.05) is 26.8 Å². The van der Waals surface area contributed by atoms with E-state index in [2.05, 4.69) is 15.7 Å². The normalized spacial score (nSPS) is 11.0. The van der Waals surface area contributed by atoms with Gasteiger partial charge in [0, 0.05) is 35.1 Å². The zero-order valence-corrected chi connectivity index (χ0v) is 16.7. The Morgan fingerprint density at radius 2 is 1.63 bits per heavy atom. The summed E-state index contributed by atoms with van der Waals surface area (Å²) in [7, 11) is 0. The molecule has 0 bridgehead atoms. The van der Waals surface area contributed by atoms with Crippen molar-refractivity contribution >= 4 is 28.9 Å². The van der Waals surface area contributed by atoms with E-state index in [0.717, 1.165) is 0 Å². The second-order valence-electron chi connectivity index (χ2n) is 7.66. The monoisotopic (exact) mass is 407 g/mol. The molecule has 1 heterocycles. The summed E-state index contributed by atoms with van der Waals surface area (Å²) in [5, 5.41) is 20.5. The van der Waals surface area contributed by atoms with Gasteiger partial charge in [-0.25, -0.2) is 4.68 Å². The van der Waals surface area contributed by atoms with Gasteiger partial charge >= 0.3 is 0 Å². The van der Waals surface area contributed by atoms with Crippen LogP contribution in [0.5, 0.6) is 0 Å². The van der Waals surface area contributed by atoms with Gasteiger partial charge in [-0.05, 0) is 36.4 Å². The number of carbonyl (C=O) groups excluding carboxylic acids is 2. The molecule has 0 atom stereocenters. The second-order valence-corrected chi connectivity index (χ2v) is 7.66. The minimum absolute atomic E-state index is 0.0256. The highest BCUT2D eigenvalue weighted by molar-refractivity contribution is 6.03. The fourth-order valence-electron chi connectivity index (χ4n) is 2.50. The average Bonchev–Trinajstić information content (AvgIpc) is 3.18. The number of benzene rings is 2. The van der Waals surface area contributed by atoms with Crippen molar-refractivity contribution in [2.45, 2.75) is 20.8 Å². The largest absolute Gasteiger partial charge is 0.326 e. The molecule has 0 aliphatic heterocycles. The Kier molecular flexibility index (Phi) is 5.63. The van der Waals surface area contributed by atoms with Crippen LogP contribution in [0.15, 0.2) is 60.8 Å². The molecule has 154 valence electrons. The van der Waals surface area contributed by atoms with Gasteiger partial charge in [0.2, 0.25) is 5.91 Å². The van der Waals surface area contributed by atoms with Crippen LogP contribution in [-0.4, -0.2) is 26.5 Å². The molecule has 0 saturated heterocycles. The molecule has 0 aliphatic rings. The van der Waals surface area contributed by atoms with Gasteiger partial charge in [-0.15, -0.1) is 0 Å². The van der Waals surface area contributed by atoms with E-state index >= 15 is 0 Å². The quantitative estimate of drug-likeness (QED) is 0.489. The third kappa shape index (κ3) is 4.88. The highest BCUT2D eigenvalue weighted by Crippen LogP contribution is 2.20. The molecule has 9 nitrogen and oxygen atoms in total. The third-order valence-corrected chi connectivity index (χ3v) is 4.21. The minimum Gasteiger partial charge on any atom is -0.326 e. The van der Waals surface area contributed by atoms with Gasteiger partial charge in [0.25, 0.3) is 11.6 Å². The fourth-order valence-corrected chi connectivity index (χ4v) is 2.50. The van der Waals surface area contributed by atoms with E-state index in [1.165, 1.54) is 16.8 Å². The zero-order chi connectivity index (χ0) is 21.9. The van der Waals surface area contributed by atoms with E-state index in [0.29, 0.717) is 17.1 Å². The molecule has 0 unspecified atom stereocenters. The molecular weight excluding hydrogens is 386 g/mol. The summed E-state index contributed by atoms with van der Waals surface area (Å²) in [5.74, 6) is -0.553. The first-order valence-electron chi connectivity index (χ1n) is 9.17. The van der Waals surface area contributed by atoms with E-state index in [1.807, 2.05) is 20.8 Å². The number of non-ortho nitro benzene ring substituents is 1. The molecule has 3 rings (SSSR count). The van der Waals surface area contributed by atoms with Crippen molar-refractivity contribution in [3.05, 3.63) is 76.6 Å². The second kappa shape index (κ2) is 8.16. The third-order valence-electron chi connectivity index (χ3n) is 4.21. The lowest BCUT2D eigenvalue weighted by atomic mass is 9.95. The highest BCUT2D eigenvalue weighted by atomic mass is 16.6. The van der Waals surface area contributed by atoms with Crippen LogP contribution in [-0.2, 0) is 4.79 Å². The summed E-state index contributed by atoms with van der Waals surface area (Å²) in [6.45, 7) is 5.44. The summed E-state index contributed by atoms with van der Waals surface area (Å²) < 4.78 is 1.46.